The Morgan fingerprint density at radius 3 is 2.69 bits per heavy atom. The molecule has 1 unspecified atom stereocenters. The zero-order valence-corrected chi connectivity index (χ0v) is 8.88. The molecule has 0 aliphatic heterocycles. The number of rotatable bonds is 4. The fraction of sp³-hybridized carbons (Fsp3) is 0.500. The van der Waals surface area contributed by atoms with Crippen LogP contribution in [0.4, 0.5) is 13.2 Å². The molecule has 0 aliphatic carbocycles. The second-order valence-corrected chi connectivity index (χ2v) is 3.60. The zero-order chi connectivity index (χ0) is 12.2. The maximum Gasteiger partial charge on any atom is 0.389 e. The summed E-state index contributed by atoms with van der Waals surface area (Å²) in [6.07, 6.45) is -3.54. The van der Waals surface area contributed by atoms with E-state index in [0.29, 0.717) is 0 Å². The van der Waals surface area contributed by atoms with E-state index in [4.69, 9.17) is 5.84 Å². The summed E-state index contributed by atoms with van der Waals surface area (Å²) in [6, 6.07) is 2.89. The molecule has 90 valence electrons. The van der Waals surface area contributed by atoms with Gasteiger partial charge in [0.25, 0.3) is 0 Å². The SMILES string of the molecule is Cc1cc(C(CCC(F)(F)F)NN)ccn1. The lowest BCUT2D eigenvalue weighted by Crippen LogP contribution is -2.29. The molecular formula is C10H14F3N3. The van der Waals surface area contributed by atoms with E-state index < -0.39 is 18.6 Å². The molecule has 1 aromatic rings. The van der Waals surface area contributed by atoms with Crippen LogP contribution < -0.4 is 11.3 Å². The summed E-state index contributed by atoms with van der Waals surface area (Å²) in [6.45, 7) is 1.78. The van der Waals surface area contributed by atoms with Gasteiger partial charge in [0, 0.05) is 24.4 Å². The normalized spacial score (nSPS) is 13.8. The molecule has 6 heteroatoms. The number of nitrogens with one attached hydrogen (secondary N) is 1. The van der Waals surface area contributed by atoms with Crippen LogP contribution in [-0.2, 0) is 0 Å². The van der Waals surface area contributed by atoms with Gasteiger partial charge in [-0.2, -0.15) is 13.2 Å². The van der Waals surface area contributed by atoms with Gasteiger partial charge in [-0.05, 0) is 31.0 Å². The molecule has 1 atom stereocenters. The summed E-state index contributed by atoms with van der Waals surface area (Å²) in [5.41, 5.74) is 3.87. The number of aromatic nitrogens is 1. The van der Waals surface area contributed by atoms with Gasteiger partial charge in [-0.15, -0.1) is 0 Å². The topological polar surface area (TPSA) is 50.9 Å². The average molecular weight is 233 g/mol. The summed E-state index contributed by atoms with van der Waals surface area (Å²) in [4.78, 5) is 3.97. The monoisotopic (exact) mass is 233 g/mol. The molecule has 3 nitrogen and oxygen atoms in total. The molecule has 16 heavy (non-hydrogen) atoms. The highest BCUT2D eigenvalue weighted by atomic mass is 19.4. The molecule has 0 radical (unpaired) electrons. The van der Waals surface area contributed by atoms with Crippen molar-refractivity contribution in [3.63, 3.8) is 0 Å². The van der Waals surface area contributed by atoms with Crippen LogP contribution in [0.3, 0.4) is 0 Å². The Morgan fingerprint density at radius 1 is 1.50 bits per heavy atom. The summed E-state index contributed by atoms with van der Waals surface area (Å²) in [5, 5.41) is 0. The molecule has 1 heterocycles. The van der Waals surface area contributed by atoms with Gasteiger partial charge in [-0.3, -0.25) is 16.3 Å². The fourth-order valence-corrected chi connectivity index (χ4v) is 1.44. The molecule has 0 amide bonds. The quantitative estimate of drug-likeness (QED) is 0.619. The molecular weight excluding hydrogens is 219 g/mol. The second-order valence-electron chi connectivity index (χ2n) is 3.60. The van der Waals surface area contributed by atoms with Gasteiger partial charge < -0.3 is 0 Å². The van der Waals surface area contributed by atoms with E-state index in [9.17, 15) is 13.2 Å². The summed E-state index contributed by atoms with van der Waals surface area (Å²) in [7, 11) is 0. The smallest absolute Gasteiger partial charge is 0.271 e. The third kappa shape index (κ3) is 4.16. The number of hydrogen-bond donors (Lipinski definition) is 2. The minimum absolute atomic E-state index is 0.0799. The van der Waals surface area contributed by atoms with E-state index in [1.807, 2.05) is 0 Å². The third-order valence-electron chi connectivity index (χ3n) is 2.24. The van der Waals surface area contributed by atoms with Gasteiger partial charge in [0.2, 0.25) is 0 Å². The van der Waals surface area contributed by atoms with Crippen molar-refractivity contribution in [1.29, 1.82) is 0 Å². The first-order valence-corrected chi connectivity index (χ1v) is 4.88. The van der Waals surface area contributed by atoms with Crippen molar-refractivity contribution in [3.05, 3.63) is 29.6 Å². The molecule has 1 aromatic heterocycles. The van der Waals surface area contributed by atoms with Crippen molar-refractivity contribution in [3.8, 4) is 0 Å². The van der Waals surface area contributed by atoms with Gasteiger partial charge in [0.1, 0.15) is 0 Å². The lowest BCUT2D eigenvalue weighted by Gasteiger charge is -2.17. The molecule has 0 aromatic carbocycles. The van der Waals surface area contributed by atoms with Crippen LogP contribution in [-0.4, -0.2) is 11.2 Å². The molecule has 3 N–H and O–H groups in total. The molecule has 0 saturated carbocycles. The van der Waals surface area contributed by atoms with E-state index in [0.717, 1.165) is 11.3 Å². The number of hydrogen-bond acceptors (Lipinski definition) is 3. The van der Waals surface area contributed by atoms with Gasteiger partial charge in [-0.1, -0.05) is 0 Å². The molecule has 0 saturated heterocycles. The van der Waals surface area contributed by atoms with Crippen molar-refractivity contribution in [2.24, 2.45) is 5.84 Å². The highest BCUT2D eigenvalue weighted by molar-refractivity contribution is 5.19. The molecule has 0 spiro atoms. The Kier molecular flexibility index (Phi) is 4.26. The van der Waals surface area contributed by atoms with Crippen LogP contribution in [0.5, 0.6) is 0 Å². The number of nitrogens with zero attached hydrogens (tertiary/aromatic N) is 1. The Hall–Kier alpha value is -1.14. The Balaban J connectivity index is 2.68. The second kappa shape index (κ2) is 5.27. The Morgan fingerprint density at radius 2 is 2.19 bits per heavy atom. The molecule has 0 fully saturated rings. The number of aryl methyl sites for hydroxylation is 1. The summed E-state index contributed by atoms with van der Waals surface area (Å²) >= 11 is 0. The number of nitrogens with two attached hydrogens (primary N) is 1. The minimum Gasteiger partial charge on any atom is -0.271 e. The fourth-order valence-electron chi connectivity index (χ4n) is 1.44. The van der Waals surface area contributed by atoms with Crippen molar-refractivity contribution < 1.29 is 13.2 Å². The maximum atomic E-state index is 12.1. The van der Waals surface area contributed by atoms with Crippen molar-refractivity contribution in [1.82, 2.24) is 10.4 Å². The van der Waals surface area contributed by atoms with Gasteiger partial charge in [0.15, 0.2) is 0 Å². The number of hydrazine groups is 1. The van der Waals surface area contributed by atoms with Crippen LogP contribution in [0.25, 0.3) is 0 Å². The largest absolute Gasteiger partial charge is 0.389 e. The number of alkyl halides is 3. The predicted octanol–water partition coefficient (Wildman–Crippen LogP) is 2.24. The molecule has 1 rings (SSSR count). The highest BCUT2D eigenvalue weighted by Gasteiger charge is 2.28. The van der Waals surface area contributed by atoms with E-state index in [1.165, 1.54) is 0 Å². The summed E-state index contributed by atoms with van der Waals surface area (Å²) < 4.78 is 36.2. The van der Waals surface area contributed by atoms with Crippen LogP contribution in [0.15, 0.2) is 18.3 Å². The van der Waals surface area contributed by atoms with Crippen LogP contribution in [0, 0.1) is 6.92 Å². The minimum atomic E-state index is -4.16. The van der Waals surface area contributed by atoms with Crippen LogP contribution >= 0.6 is 0 Å². The zero-order valence-electron chi connectivity index (χ0n) is 8.88. The summed E-state index contributed by atoms with van der Waals surface area (Å²) in [5.74, 6) is 5.25. The number of halogens is 3. The van der Waals surface area contributed by atoms with Crippen molar-refractivity contribution in [2.75, 3.05) is 0 Å². The standard InChI is InChI=1S/C10H14F3N3/c1-7-6-8(3-5-15-7)9(16-14)2-4-10(11,12)13/h3,5-6,9,16H,2,4,14H2,1H3. The van der Waals surface area contributed by atoms with Crippen LogP contribution in [0.2, 0.25) is 0 Å². The predicted molar refractivity (Wildman–Crippen MR) is 54.3 cm³/mol. The van der Waals surface area contributed by atoms with Gasteiger partial charge in [0.05, 0.1) is 0 Å². The van der Waals surface area contributed by atoms with Crippen LogP contribution in [0.1, 0.15) is 30.1 Å². The lowest BCUT2D eigenvalue weighted by molar-refractivity contribution is -0.136. The first-order chi connectivity index (χ1) is 7.42. The Labute approximate surface area is 91.8 Å². The maximum absolute atomic E-state index is 12.1. The van der Waals surface area contributed by atoms with Crippen molar-refractivity contribution >= 4 is 0 Å². The first kappa shape index (κ1) is 12.9. The van der Waals surface area contributed by atoms with E-state index in [-0.39, 0.29) is 6.42 Å². The van der Waals surface area contributed by atoms with E-state index >= 15 is 0 Å². The first-order valence-electron chi connectivity index (χ1n) is 4.88. The van der Waals surface area contributed by atoms with Crippen molar-refractivity contribution in [2.45, 2.75) is 32.0 Å². The molecule has 0 aliphatic rings. The average Bonchev–Trinajstić information content (AvgIpc) is 2.17. The Bertz CT molecular complexity index is 338. The highest BCUT2D eigenvalue weighted by Crippen LogP contribution is 2.27. The van der Waals surface area contributed by atoms with Gasteiger partial charge in [-0.25, -0.2) is 0 Å². The number of pyridine rings is 1. The van der Waals surface area contributed by atoms with Gasteiger partial charge >= 0.3 is 6.18 Å². The van der Waals surface area contributed by atoms with E-state index in [1.54, 1.807) is 25.3 Å². The third-order valence-corrected chi connectivity index (χ3v) is 2.24. The van der Waals surface area contributed by atoms with E-state index in [2.05, 4.69) is 10.4 Å². The lowest BCUT2D eigenvalue weighted by atomic mass is 10.0. The molecule has 0 bridgehead atoms.